The number of sulfonamides is 1. The van der Waals surface area contributed by atoms with Gasteiger partial charge in [-0.15, -0.1) is 12.3 Å². The monoisotopic (exact) mass is 294 g/mol. The summed E-state index contributed by atoms with van der Waals surface area (Å²) in [6.07, 6.45) is 6.28. The van der Waals surface area contributed by atoms with Gasteiger partial charge in [0.25, 0.3) is 0 Å². The van der Waals surface area contributed by atoms with Crippen molar-refractivity contribution in [3.8, 4) is 12.3 Å². The summed E-state index contributed by atoms with van der Waals surface area (Å²) in [5.74, 6) is 2.49. The maximum Gasteiger partial charge on any atom is 0.241 e. The highest BCUT2D eigenvalue weighted by Crippen LogP contribution is 2.28. The van der Waals surface area contributed by atoms with E-state index < -0.39 is 10.0 Å². The van der Waals surface area contributed by atoms with E-state index in [0.717, 1.165) is 11.1 Å². The number of benzene rings is 1. The van der Waals surface area contributed by atoms with E-state index in [0.29, 0.717) is 24.1 Å². The van der Waals surface area contributed by atoms with Crippen LogP contribution >= 0.6 is 0 Å². The molecule has 0 aliphatic carbocycles. The van der Waals surface area contributed by atoms with Crippen LogP contribution < -0.4 is 10.5 Å². The molecular weight excluding hydrogens is 272 g/mol. The Morgan fingerprint density at radius 3 is 2.45 bits per heavy atom. The fraction of sp³-hybridized carbons (Fsp3) is 0.467. The van der Waals surface area contributed by atoms with Crippen molar-refractivity contribution >= 4 is 15.7 Å². The van der Waals surface area contributed by atoms with Gasteiger partial charge in [0.1, 0.15) is 0 Å². The number of nitrogens with two attached hydrogens (primary N) is 1. The van der Waals surface area contributed by atoms with E-state index in [2.05, 4.69) is 10.6 Å². The summed E-state index contributed by atoms with van der Waals surface area (Å²) in [6.45, 7) is 7.26. The predicted octanol–water partition coefficient (Wildman–Crippen LogP) is 2.27. The lowest BCUT2D eigenvalue weighted by Crippen LogP contribution is -2.35. The smallest absolute Gasteiger partial charge is 0.241 e. The van der Waals surface area contributed by atoms with Crippen LogP contribution in [0, 0.1) is 33.1 Å². The molecule has 3 N–H and O–H groups in total. The number of nitrogen functional groups attached to an aromatic ring is 1. The maximum absolute atomic E-state index is 12.6. The quantitative estimate of drug-likeness (QED) is 0.646. The van der Waals surface area contributed by atoms with Gasteiger partial charge in [-0.05, 0) is 49.9 Å². The molecule has 0 radical (unpaired) electrons. The molecule has 0 saturated heterocycles. The Kier molecular flexibility index (Phi) is 5.21. The molecule has 20 heavy (non-hydrogen) atoms. The molecule has 0 saturated carbocycles. The van der Waals surface area contributed by atoms with Crippen molar-refractivity contribution in [1.29, 1.82) is 0 Å². The van der Waals surface area contributed by atoms with Crippen molar-refractivity contribution in [3.63, 3.8) is 0 Å². The highest BCUT2D eigenvalue weighted by atomic mass is 32.2. The summed E-state index contributed by atoms with van der Waals surface area (Å²) in [7, 11) is -3.63. The van der Waals surface area contributed by atoms with Crippen LogP contribution in [-0.4, -0.2) is 14.5 Å². The molecule has 0 heterocycles. The third kappa shape index (κ3) is 3.33. The van der Waals surface area contributed by atoms with Crippen molar-refractivity contribution in [3.05, 3.63) is 22.8 Å². The summed E-state index contributed by atoms with van der Waals surface area (Å²) in [5, 5.41) is 0. The molecule has 1 atom stereocenters. The number of hydrogen-bond acceptors (Lipinski definition) is 3. The first-order chi connectivity index (χ1) is 9.24. The van der Waals surface area contributed by atoms with E-state index >= 15 is 0 Å². The first-order valence-electron chi connectivity index (χ1n) is 6.56. The summed E-state index contributed by atoms with van der Waals surface area (Å²) >= 11 is 0. The summed E-state index contributed by atoms with van der Waals surface area (Å²) in [6, 6.07) is 1.54. The standard InChI is InChI=1S/C15H22N2O2S/c1-6-8-13(7-2)17-20(18,19)15-11(4)10(3)9-14(16)12(15)5/h1,9,13,17H,7-8,16H2,2-5H3. The minimum Gasteiger partial charge on any atom is -0.398 e. The molecule has 0 amide bonds. The van der Waals surface area contributed by atoms with E-state index in [1.54, 1.807) is 19.9 Å². The van der Waals surface area contributed by atoms with E-state index in [1.807, 2.05) is 13.8 Å². The fourth-order valence-corrected chi connectivity index (χ4v) is 4.03. The van der Waals surface area contributed by atoms with Gasteiger partial charge in [-0.25, -0.2) is 13.1 Å². The molecular formula is C15H22N2O2S. The molecule has 0 aliphatic rings. The maximum atomic E-state index is 12.6. The number of hydrogen-bond donors (Lipinski definition) is 2. The molecule has 0 fully saturated rings. The summed E-state index contributed by atoms with van der Waals surface area (Å²) < 4.78 is 27.8. The second kappa shape index (κ2) is 6.29. The molecule has 0 bridgehead atoms. The van der Waals surface area contributed by atoms with Gasteiger partial charge in [0, 0.05) is 18.2 Å². The van der Waals surface area contributed by atoms with Crippen molar-refractivity contribution in [1.82, 2.24) is 4.72 Å². The molecule has 1 unspecified atom stereocenters. The van der Waals surface area contributed by atoms with Crippen LogP contribution in [0.3, 0.4) is 0 Å². The number of anilines is 1. The highest BCUT2D eigenvalue weighted by molar-refractivity contribution is 7.89. The van der Waals surface area contributed by atoms with Gasteiger partial charge in [0.2, 0.25) is 10.0 Å². The molecule has 0 aromatic heterocycles. The Morgan fingerprint density at radius 1 is 1.35 bits per heavy atom. The normalized spacial score (nSPS) is 12.9. The predicted molar refractivity (Wildman–Crippen MR) is 82.9 cm³/mol. The Bertz CT molecular complexity index is 617. The van der Waals surface area contributed by atoms with E-state index in [1.165, 1.54) is 0 Å². The average Bonchev–Trinajstić information content (AvgIpc) is 2.35. The topological polar surface area (TPSA) is 72.2 Å². The average molecular weight is 294 g/mol. The lowest BCUT2D eigenvalue weighted by atomic mass is 10.1. The number of aryl methyl sites for hydroxylation is 1. The SMILES string of the molecule is C#CCC(CC)NS(=O)(=O)c1c(C)c(C)cc(N)c1C. The second-order valence-electron chi connectivity index (χ2n) is 5.00. The van der Waals surface area contributed by atoms with Crippen LogP contribution in [0.5, 0.6) is 0 Å². The number of rotatable bonds is 5. The minimum atomic E-state index is -3.63. The zero-order valence-corrected chi connectivity index (χ0v) is 13.3. The van der Waals surface area contributed by atoms with Gasteiger partial charge < -0.3 is 5.73 Å². The molecule has 110 valence electrons. The lowest BCUT2D eigenvalue weighted by Gasteiger charge is -2.19. The van der Waals surface area contributed by atoms with Crippen molar-refractivity contribution in [2.24, 2.45) is 0 Å². The largest absolute Gasteiger partial charge is 0.398 e. The zero-order valence-electron chi connectivity index (χ0n) is 12.4. The Labute approximate surface area is 121 Å². The zero-order chi connectivity index (χ0) is 15.5. The molecule has 0 aliphatic heterocycles. The van der Waals surface area contributed by atoms with Gasteiger partial charge in [0.15, 0.2) is 0 Å². The van der Waals surface area contributed by atoms with Gasteiger partial charge >= 0.3 is 0 Å². The van der Waals surface area contributed by atoms with Crippen LogP contribution in [0.15, 0.2) is 11.0 Å². The van der Waals surface area contributed by atoms with Gasteiger partial charge in [0.05, 0.1) is 4.90 Å². The fourth-order valence-electron chi connectivity index (χ4n) is 2.13. The van der Waals surface area contributed by atoms with Gasteiger partial charge in [-0.1, -0.05) is 6.92 Å². The molecule has 1 aromatic rings. The molecule has 1 rings (SSSR count). The lowest BCUT2D eigenvalue weighted by molar-refractivity contribution is 0.543. The highest BCUT2D eigenvalue weighted by Gasteiger charge is 2.24. The number of terminal acetylenes is 1. The second-order valence-corrected chi connectivity index (χ2v) is 6.65. The van der Waals surface area contributed by atoms with Crippen molar-refractivity contribution in [2.45, 2.75) is 51.5 Å². The van der Waals surface area contributed by atoms with Crippen LogP contribution in [0.2, 0.25) is 0 Å². The molecule has 5 heteroatoms. The van der Waals surface area contributed by atoms with Crippen LogP contribution in [0.25, 0.3) is 0 Å². The Hall–Kier alpha value is -1.51. The van der Waals surface area contributed by atoms with Crippen molar-refractivity contribution < 1.29 is 8.42 Å². The first-order valence-corrected chi connectivity index (χ1v) is 8.05. The van der Waals surface area contributed by atoms with E-state index in [9.17, 15) is 8.42 Å². The van der Waals surface area contributed by atoms with Crippen LogP contribution in [0.1, 0.15) is 36.5 Å². The molecule has 0 spiro atoms. The first kappa shape index (κ1) is 16.5. The summed E-state index contributed by atoms with van der Waals surface area (Å²) in [4.78, 5) is 0.269. The number of nitrogens with one attached hydrogen (secondary N) is 1. The third-order valence-corrected chi connectivity index (χ3v) is 5.32. The van der Waals surface area contributed by atoms with Gasteiger partial charge in [-0.2, -0.15) is 0 Å². The van der Waals surface area contributed by atoms with Gasteiger partial charge in [-0.3, -0.25) is 0 Å². The Balaban J connectivity index is 3.33. The van der Waals surface area contributed by atoms with Crippen LogP contribution in [-0.2, 0) is 10.0 Å². The third-order valence-electron chi connectivity index (χ3n) is 3.53. The van der Waals surface area contributed by atoms with Crippen LogP contribution in [0.4, 0.5) is 5.69 Å². The molecule has 4 nitrogen and oxygen atoms in total. The van der Waals surface area contributed by atoms with Crippen molar-refractivity contribution in [2.75, 3.05) is 5.73 Å². The van der Waals surface area contributed by atoms with E-state index in [-0.39, 0.29) is 10.9 Å². The summed E-state index contributed by atoms with van der Waals surface area (Å²) in [5.41, 5.74) is 8.53. The van der Waals surface area contributed by atoms with E-state index in [4.69, 9.17) is 12.2 Å². The Morgan fingerprint density at radius 2 is 1.95 bits per heavy atom. The minimum absolute atomic E-state index is 0.259. The molecule has 1 aromatic carbocycles.